The summed E-state index contributed by atoms with van der Waals surface area (Å²) >= 11 is 0. The molecule has 1 amide bonds. The number of rotatable bonds is 3. The van der Waals surface area contributed by atoms with Gasteiger partial charge in [-0.3, -0.25) is 0 Å². The van der Waals surface area contributed by atoms with E-state index in [1.54, 1.807) is 36.1 Å². The molecule has 24 heavy (non-hydrogen) atoms. The Balaban J connectivity index is 1.58. The van der Waals surface area contributed by atoms with Crippen LogP contribution in [0.25, 0.3) is 11.4 Å². The molecule has 8 heteroatoms. The lowest BCUT2D eigenvalue weighted by Crippen LogP contribution is -2.40. The topological polar surface area (TPSA) is 90.0 Å². The van der Waals surface area contributed by atoms with Gasteiger partial charge in [-0.05, 0) is 24.3 Å². The van der Waals surface area contributed by atoms with E-state index in [0.717, 1.165) is 11.3 Å². The van der Waals surface area contributed by atoms with Crippen molar-refractivity contribution in [1.29, 1.82) is 0 Å². The Morgan fingerprint density at radius 1 is 1.25 bits per heavy atom. The zero-order chi connectivity index (χ0) is 16.9. The maximum atomic E-state index is 12.2. The maximum absolute atomic E-state index is 12.2. The first-order chi connectivity index (χ1) is 11.7. The van der Waals surface area contributed by atoms with Gasteiger partial charge in [0.1, 0.15) is 12.9 Å². The van der Waals surface area contributed by atoms with Crippen LogP contribution in [0.5, 0.6) is 5.75 Å². The number of hydrogen-bond donors (Lipinski definition) is 0. The summed E-state index contributed by atoms with van der Waals surface area (Å²) in [5.41, 5.74) is 1.76. The molecule has 0 unspecified atom stereocenters. The lowest BCUT2D eigenvalue weighted by molar-refractivity contribution is 0.150. The highest BCUT2D eigenvalue weighted by molar-refractivity contribution is 5.86. The molecule has 0 atom stereocenters. The molecular formula is C16H18N4O4. The molecule has 1 aromatic carbocycles. The van der Waals surface area contributed by atoms with Crippen molar-refractivity contribution in [2.24, 2.45) is 5.16 Å². The Hall–Kier alpha value is -2.90. The normalized spacial score (nSPS) is 14.4. The molecule has 1 aliphatic rings. The van der Waals surface area contributed by atoms with Gasteiger partial charge < -0.3 is 19.0 Å². The molecule has 0 aliphatic carbocycles. The van der Waals surface area contributed by atoms with Gasteiger partial charge in [-0.15, -0.1) is 0 Å². The zero-order valence-corrected chi connectivity index (χ0v) is 13.6. The van der Waals surface area contributed by atoms with Gasteiger partial charge in [0.05, 0.1) is 5.71 Å². The van der Waals surface area contributed by atoms with Crippen molar-refractivity contribution in [3.8, 4) is 17.1 Å². The molecule has 0 radical (unpaired) electrons. The number of oxime groups is 1. The highest BCUT2D eigenvalue weighted by Gasteiger charge is 2.22. The third-order valence-corrected chi connectivity index (χ3v) is 3.66. The van der Waals surface area contributed by atoms with Gasteiger partial charge in [0.2, 0.25) is 11.7 Å². The number of amides is 1. The molecule has 1 aromatic heterocycles. The van der Waals surface area contributed by atoms with Crippen LogP contribution in [0.3, 0.4) is 0 Å². The van der Waals surface area contributed by atoms with Crippen molar-refractivity contribution < 1.29 is 18.9 Å². The second-order valence-corrected chi connectivity index (χ2v) is 5.36. The number of aryl methyl sites for hydroxylation is 1. The van der Waals surface area contributed by atoms with Gasteiger partial charge in [-0.2, -0.15) is 4.98 Å². The Bertz CT molecular complexity index is 729. The van der Waals surface area contributed by atoms with Gasteiger partial charge in [0.25, 0.3) is 0 Å². The van der Waals surface area contributed by atoms with E-state index in [1.165, 1.54) is 7.11 Å². The molecule has 2 aromatic rings. The molecule has 0 spiro atoms. The van der Waals surface area contributed by atoms with Crippen LogP contribution < -0.4 is 4.74 Å². The molecule has 0 N–H and O–H groups in total. The minimum atomic E-state index is -0.366. The molecule has 3 rings (SSSR count). The number of nitrogens with zero attached hydrogens (tertiary/aromatic N) is 4. The van der Waals surface area contributed by atoms with E-state index < -0.39 is 0 Å². The highest BCUT2D eigenvalue weighted by atomic mass is 16.6. The fraction of sp³-hybridized carbons (Fsp3) is 0.375. The second-order valence-electron chi connectivity index (χ2n) is 5.36. The molecule has 126 valence electrons. The van der Waals surface area contributed by atoms with Crippen molar-refractivity contribution in [2.45, 2.75) is 19.8 Å². The molecular weight excluding hydrogens is 312 g/mol. The minimum Gasteiger partial charge on any atom is -0.410 e. The van der Waals surface area contributed by atoms with E-state index in [4.69, 9.17) is 14.1 Å². The number of ether oxygens (including phenoxy) is 1. The number of piperidine rings is 1. The van der Waals surface area contributed by atoms with Crippen LogP contribution in [-0.4, -0.2) is 47.0 Å². The minimum absolute atomic E-state index is 0.366. The van der Waals surface area contributed by atoms with Gasteiger partial charge in [0.15, 0.2) is 0 Å². The summed E-state index contributed by atoms with van der Waals surface area (Å²) in [4.78, 5) is 22.8. The van der Waals surface area contributed by atoms with Gasteiger partial charge in [-0.1, -0.05) is 10.3 Å². The van der Waals surface area contributed by atoms with Crippen LogP contribution in [-0.2, 0) is 4.84 Å². The maximum Gasteiger partial charge on any atom is 0.415 e. The predicted molar refractivity (Wildman–Crippen MR) is 85.7 cm³/mol. The van der Waals surface area contributed by atoms with E-state index in [0.29, 0.717) is 43.4 Å². The molecule has 8 nitrogen and oxygen atoms in total. The second kappa shape index (κ2) is 7.12. The van der Waals surface area contributed by atoms with Crippen LogP contribution in [0, 0.1) is 6.92 Å². The van der Waals surface area contributed by atoms with Crippen LogP contribution in [0.15, 0.2) is 33.9 Å². The average Bonchev–Trinajstić information content (AvgIpc) is 3.03. The first-order valence-corrected chi connectivity index (χ1v) is 7.62. The summed E-state index contributed by atoms with van der Waals surface area (Å²) in [5.74, 6) is 1.48. The molecule has 1 fully saturated rings. The number of carbonyl (C=O) groups is 1. The molecule has 1 saturated heterocycles. The van der Waals surface area contributed by atoms with Gasteiger partial charge >= 0.3 is 6.09 Å². The first-order valence-electron chi connectivity index (χ1n) is 7.62. The standard InChI is InChI=1S/C16H18N4O4/c1-11-17-15(19-24-11)12-3-5-14(6-4-12)23-16(21)20-9-7-13(8-10-20)18-22-2/h3-6H,7-10H2,1-2H3. The molecule has 0 bridgehead atoms. The molecule has 2 heterocycles. The van der Waals surface area contributed by atoms with Crippen molar-refractivity contribution in [2.75, 3.05) is 20.2 Å². The zero-order valence-electron chi connectivity index (χ0n) is 13.6. The van der Waals surface area contributed by atoms with Gasteiger partial charge in [0, 0.05) is 38.4 Å². The first kappa shape index (κ1) is 16.0. The molecule has 0 saturated carbocycles. The van der Waals surface area contributed by atoms with E-state index in [1.807, 2.05) is 0 Å². The summed E-state index contributed by atoms with van der Waals surface area (Å²) in [6, 6.07) is 6.99. The Labute approximate surface area is 139 Å². The van der Waals surface area contributed by atoms with Crippen LogP contribution in [0.1, 0.15) is 18.7 Å². The third-order valence-electron chi connectivity index (χ3n) is 3.66. The number of aromatic nitrogens is 2. The SMILES string of the molecule is CON=C1CCN(C(=O)Oc2ccc(-c3noc(C)n3)cc2)CC1. The van der Waals surface area contributed by atoms with E-state index in [2.05, 4.69) is 15.3 Å². The Kier molecular flexibility index (Phi) is 4.74. The smallest absolute Gasteiger partial charge is 0.410 e. The van der Waals surface area contributed by atoms with E-state index in [-0.39, 0.29) is 6.09 Å². The number of benzene rings is 1. The van der Waals surface area contributed by atoms with Gasteiger partial charge in [-0.25, -0.2) is 4.79 Å². The lowest BCUT2D eigenvalue weighted by atomic mass is 10.1. The monoisotopic (exact) mass is 330 g/mol. The number of likely N-dealkylation sites (tertiary alicyclic amines) is 1. The number of carbonyl (C=O) groups excluding carboxylic acids is 1. The molecule has 1 aliphatic heterocycles. The van der Waals surface area contributed by atoms with Crippen LogP contribution in [0.2, 0.25) is 0 Å². The quantitative estimate of drug-likeness (QED) is 0.804. The van der Waals surface area contributed by atoms with Crippen molar-refractivity contribution >= 4 is 11.8 Å². The lowest BCUT2D eigenvalue weighted by Gasteiger charge is -2.26. The summed E-state index contributed by atoms with van der Waals surface area (Å²) < 4.78 is 10.3. The summed E-state index contributed by atoms with van der Waals surface area (Å²) in [6.07, 6.45) is 1.02. The van der Waals surface area contributed by atoms with E-state index in [9.17, 15) is 4.79 Å². The fourth-order valence-corrected chi connectivity index (χ4v) is 2.42. The van der Waals surface area contributed by atoms with Crippen LogP contribution in [0.4, 0.5) is 4.79 Å². The number of hydrogen-bond acceptors (Lipinski definition) is 7. The third kappa shape index (κ3) is 3.70. The average molecular weight is 330 g/mol. The largest absolute Gasteiger partial charge is 0.415 e. The van der Waals surface area contributed by atoms with Crippen molar-refractivity contribution in [3.63, 3.8) is 0 Å². The highest BCUT2D eigenvalue weighted by Crippen LogP contribution is 2.21. The summed E-state index contributed by atoms with van der Waals surface area (Å²) in [6.45, 7) is 2.87. The summed E-state index contributed by atoms with van der Waals surface area (Å²) in [5, 5.41) is 7.77. The van der Waals surface area contributed by atoms with Crippen LogP contribution >= 0.6 is 0 Å². The van der Waals surface area contributed by atoms with Crippen molar-refractivity contribution in [3.05, 3.63) is 30.2 Å². The van der Waals surface area contributed by atoms with Crippen molar-refractivity contribution in [1.82, 2.24) is 15.0 Å². The Morgan fingerprint density at radius 2 is 1.96 bits per heavy atom. The Morgan fingerprint density at radius 3 is 2.54 bits per heavy atom. The summed E-state index contributed by atoms with van der Waals surface area (Å²) in [7, 11) is 1.52. The fourth-order valence-electron chi connectivity index (χ4n) is 2.42. The van der Waals surface area contributed by atoms with E-state index >= 15 is 0 Å². The predicted octanol–water partition coefficient (Wildman–Crippen LogP) is 2.64.